The normalized spacial score (nSPS) is 24.7. The second kappa shape index (κ2) is 2.88. The molecule has 58 valence electrons. The quantitative estimate of drug-likeness (QED) is 0.554. The monoisotopic (exact) mass is 143 g/mol. The number of hydrogen-bond donors (Lipinski definition) is 1. The van der Waals surface area contributed by atoms with Gasteiger partial charge >= 0.3 is 0 Å². The van der Waals surface area contributed by atoms with E-state index in [-0.39, 0.29) is 6.10 Å². The van der Waals surface area contributed by atoms with Gasteiger partial charge in [-0.05, 0) is 14.1 Å². The summed E-state index contributed by atoms with van der Waals surface area (Å²) in [6, 6.07) is 0.326. The Kier molecular flexibility index (Phi) is 2.11. The first-order valence-electron chi connectivity index (χ1n) is 3.30. The fourth-order valence-electron chi connectivity index (χ4n) is 0.939. The first-order valence-corrected chi connectivity index (χ1v) is 3.30. The molecule has 1 unspecified atom stereocenters. The van der Waals surface area contributed by atoms with Crippen molar-refractivity contribution in [1.29, 1.82) is 0 Å². The van der Waals surface area contributed by atoms with Crippen LogP contribution >= 0.6 is 0 Å². The summed E-state index contributed by atoms with van der Waals surface area (Å²) in [6.07, 6.45) is 0.162. The third kappa shape index (κ3) is 1.88. The highest BCUT2D eigenvalue weighted by atomic mass is 16.5. The Hall–Kier alpha value is -0.770. The molecule has 0 aromatic heterocycles. The van der Waals surface area contributed by atoms with Crippen molar-refractivity contribution in [3.05, 3.63) is 0 Å². The van der Waals surface area contributed by atoms with Crippen LogP contribution in [0.3, 0.4) is 0 Å². The predicted molar refractivity (Wildman–Crippen MR) is 39.9 cm³/mol. The second-order valence-corrected chi connectivity index (χ2v) is 2.68. The van der Waals surface area contributed by atoms with Gasteiger partial charge in [0.25, 0.3) is 6.02 Å². The Morgan fingerprint density at radius 1 is 1.80 bits per heavy atom. The van der Waals surface area contributed by atoms with Crippen molar-refractivity contribution in [1.82, 2.24) is 4.90 Å². The number of amidine groups is 1. The summed E-state index contributed by atoms with van der Waals surface area (Å²) in [5, 5.41) is 0. The molecular weight excluding hydrogens is 130 g/mol. The number of likely N-dealkylation sites (N-methyl/N-ethyl adjacent to an activating group) is 1. The lowest BCUT2D eigenvalue weighted by molar-refractivity contribution is 0.175. The summed E-state index contributed by atoms with van der Waals surface area (Å²) in [6.45, 7) is 1.58. The molecule has 4 heteroatoms. The lowest BCUT2D eigenvalue weighted by Crippen LogP contribution is -2.29. The summed E-state index contributed by atoms with van der Waals surface area (Å²) in [7, 11) is 4.00. The molecular formula is C6H13N3O. The van der Waals surface area contributed by atoms with Crippen LogP contribution in [0, 0.1) is 0 Å². The van der Waals surface area contributed by atoms with Gasteiger partial charge in [0.05, 0.1) is 6.54 Å². The van der Waals surface area contributed by atoms with Gasteiger partial charge in [-0.25, -0.2) is 4.99 Å². The third-order valence-corrected chi connectivity index (χ3v) is 1.31. The molecule has 0 bridgehead atoms. The van der Waals surface area contributed by atoms with Crippen molar-refractivity contribution in [3.8, 4) is 0 Å². The van der Waals surface area contributed by atoms with E-state index in [4.69, 9.17) is 10.5 Å². The molecule has 1 rings (SSSR count). The number of nitrogens with two attached hydrogens (primary N) is 1. The Morgan fingerprint density at radius 3 is 2.90 bits per heavy atom. The summed E-state index contributed by atoms with van der Waals surface area (Å²) in [4.78, 5) is 5.97. The summed E-state index contributed by atoms with van der Waals surface area (Å²) in [5.74, 6) is 0. The van der Waals surface area contributed by atoms with E-state index >= 15 is 0 Å². The van der Waals surface area contributed by atoms with Gasteiger partial charge in [-0.3, -0.25) is 0 Å². The van der Waals surface area contributed by atoms with Gasteiger partial charge in [-0.2, -0.15) is 0 Å². The topological polar surface area (TPSA) is 50.8 Å². The van der Waals surface area contributed by atoms with Crippen molar-refractivity contribution in [2.45, 2.75) is 6.10 Å². The minimum absolute atomic E-state index is 0.162. The average Bonchev–Trinajstić information content (AvgIpc) is 2.13. The second-order valence-electron chi connectivity index (χ2n) is 2.68. The van der Waals surface area contributed by atoms with Gasteiger partial charge in [0.1, 0.15) is 6.10 Å². The SMILES string of the molecule is CN(C)CC1CN=C(N)O1. The largest absolute Gasteiger partial charge is 0.459 e. The van der Waals surface area contributed by atoms with Crippen molar-refractivity contribution in [2.75, 3.05) is 27.2 Å². The predicted octanol–water partition coefficient (Wildman–Crippen LogP) is -0.738. The van der Waals surface area contributed by atoms with Crippen molar-refractivity contribution < 1.29 is 4.74 Å². The van der Waals surface area contributed by atoms with E-state index in [1.807, 2.05) is 14.1 Å². The smallest absolute Gasteiger partial charge is 0.282 e. The van der Waals surface area contributed by atoms with Crippen LogP contribution in [0.5, 0.6) is 0 Å². The maximum absolute atomic E-state index is 5.31. The highest BCUT2D eigenvalue weighted by molar-refractivity contribution is 5.72. The Labute approximate surface area is 60.7 Å². The van der Waals surface area contributed by atoms with E-state index in [0.717, 1.165) is 6.54 Å². The lowest BCUT2D eigenvalue weighted by Gasteiger charge is -2.14. The van der Waals surface area contributed by atoms with Crippen molar-refractivity contribution in [2.24, 2.45) is 10.7 Å². The van der Waals surface area contributed by atoms with E-state index in [0.29, 0.717) is 12.6 Å². The molecule has 10 heavy (non-hydrogen) atoms. The number of rotatable bonds is 2. The van der Waals surface area contributed by atoms with Gasteiger partial charge in [0.2, 0.25) is 0 Å². The first-order chi connectivity index (χ1) is 4.68. The zero-order valence-corrected chi connectivity index (χ0v) is 6.37. The number of hydrogen-bond acceptors (Lipinski definition) is 4. The summed E-state index contributed by atoms with van der Waals surface area (Å²) >= 11 is 0. The molecule has 2 N–H and O–H groups in total. The molecule has 0 fully saturated rings. The molecule has 1 heterocycles. The standard InChI is InChI=1S/C6H13N3O/c1-9(2)4-5-3-8-6(7)10-5/h5H,3-4H2,1-2H3,(H2,7,8). The molecule has 0 spiro atoms. The minimum Gasteiger partial charge on any atom is -0.459 e. The van der Waals surface area contributed by atoms with Crippen LogP contribution in [-0.2, 0) is 4.74 Å². The molecule has 0 radical (unpaired) electrons. The first kappa shape index (κ1) is 7.34. The van der Waals surface area contributed by atoms with Gasteiger partial charge in [0, 0.05) is 6.54 Å². The average molecular weight is 143 g/mol. The van der Waals surface area contributed by atoms with E-state index in [1.54, 1.807) is 0 Å². The summed E-state index contributed by atoms with van der Waals surface area (Å²) in [5.41, 5.74) is 5.31. The van der Waals surface area contributed by atoms with Crippen molar-refractivity contribution >= 4 is 6.02 Å². The van der Waals surface area contributed by atoms with Crippen LogP contribution in [-0.4, -0.2) is 44.2 Å². The fourth-order valence-corrected chi connectivity index (χ4v) is 0.939. The molecule has 0 aromatic rings. The zero-order chi connectivity index (χ0) is 7.56. The molecule has 1 aliphatic rings. The van der Waals surface area contributed by atoms with E-state index in [1.165, 1.54) is 0 Å². The number of ether oxygens (including phenoxy) is 1. The van der Waals surface area contributed by atoms with Crippen LogP contribution in [0.1, 0.15) is 0 Å². The summed E-state index contributed by atoms with van der Waals surface area (Å²) < 4.78 is 5.16. The van der Waals surface area contributed by atoms with E-state index in [9.17, 15) is 0 Å². The van der Waals surface area contributed by atoms with Crippen LogP contribution in [0.15, 0.2) is 4.99 Å². The third-order valence-electron chi connectivity index (χ3n) is 1.31. The van der Waals surface area contributed by atoms with E-state index in [2.05, 4.69) is 9.89 Å². The zero-order valence-electron chi connectivity index (χ0n) is 6.37. The number of aliphatic imine (C=N–C) groups is 1. The molecule has 0 saturated carbocycles. The van der Waals surface area contributed by atoms with Crippen LogP contribution in [0.4, 0.5) is 0 Å². The lowest BCUT2D eigenvalue weighted by atomic mass is 10.3. The molecule has 1 aliphatic heterocycles. The van der Waals surface area contributed by atoms with E-state index < -0.39 is 0 Å². The Morgan fingerprint density at radius 2 is 2.50 bits per heavy atom. The maximum Gasteiger partial charge on any atom is 0.282 e. The van der Waals surface area contributed by atoms with Crippen LogP contribution in [0.2, 0.25) is 0 Å². The minimum atomic E-state index is 0.162. The highest BCUT2D eigenvalue weighted by Crippen LogP contribution is 2.01. The fraction of sp³-hybridized carbons (Fsp3) is 0.833. The molecule has 0 aromatic carbocycles. The molecule has 1 atom stereocenters. The molecule has 0 aliphatic carbocycles. The van der Waals surface area contributed by atoms with Gasteiger partial charge in [0.15, 0.2) is 0 Å². The van der Waals surface area contributed by atoms with Gasteiger partial charge in [-0.15, -0.1) is 0 Å². The Balaban J connectivity index is 2.23. The molecule has 4 nitrogen and oxygen atoms in total. The van der Waals surface area contributed by atoms with Crippen molar-refractivity contribution in [3.63, 3.8) is 0 Å². The van der Waals surface area contributed by atoms with Crippen LogP contribution < -0.4 is 5.73 Å². The molecule has 0 amide bonds. The number of nitrogens with zero attached hydrogens (tertiary/aromatic N) is 2. The van der Waals surface area contributed by atoms with Gasteiger partial charge in [-0.1, -0.05) is 0 Å². The maximum atomic E-state index is 5.31. The molecule has 0 saturated heterocycles. The Bertz CT molecular complexity index is 144. The highest BCUT2D eigenvalue weighted by Gasteiger charge is 2.17. The van der Waals surface area contributed by atoms with Crippen LogP contribution in [0.25, 0.3) is 0 Å². The van der Waals surface area contributed by atoms with Gasteiger partial charge < -0.3 is 15.4 Å².